The molecule has 3 nitrogen and oxygen atoms in total. The van der Waals surface area contributed by atoms with E-state index in [1.807, 2.05) is 30.3 Å². The second-order valence-electron chi connectivity index (χ2n) is 4.83. The third-order valence-corrected chi connectivity index (χ3v) is 3.51. The fourth-order valence-electron chi connectivity index (χ4n) is 2.40. The predicted molar refractivity (Wildman–Crippen MR) is 73.5 cm³/mol. The van der Waals surface area contributed by atoms with Crippen molar-refractivity contribution in [2.75, 3.05) is 13.7 Å². The Balaban J connectivity index is 1.83. The van der Waals surface area contributed by atoms with E-state index < -0.39 is 0 Å². The van der Waals surface area contributed by atoms with E-state index in [2.05, 4.69) is 12.2 Å². The molecule has 0 unspecified atom stereocenters. The van der Waals surface area contributed by atoms with Gasteiger partial charge in [-0.05, 0) is 24.3 Å². The molecule has 102 valence electrons. The van der Waals surface area contributed by atoms with Crippen LogP contribution < -0.4 is 0 Å². The first-order valence-electron chi connectivity index (χ1n) is 6.65. The third-order valence-electron chi connectivity index (χ3n) is 3.51. The molecule has 1 aromatic carbocycles. The van der Waals surface area contributed by atoms with Crippen molar-refractivity contribution >= 4 is 5.97 Å². The van der Waals surface area contributed by atoms with Gasteiger partial charge in [0.2, 0.25) is 0 Å². The Kier molecular flexibility index (Phi) is 5.16. The van der Waals surface area contributed by atoms with E-state index in [9.17, 15) is 4.79 Å². The number of rotatable bonds is 5. The number of carbonyl (C=O) groups is 1. The Morgan fingerprint density at radius 3 is 2.68 bits per heavy atom. The number of methoxy groups -OCH3 is 1. The van der Waals surface area contributed by atoms with Crippen LogP contribution in [0.4, 0.5) is 0 Å². The van der Waals surface area contributed by atoms with Crippen molar-refractivity contribution in [2.45, 2.75) is 19.4 Å². The zero-order chi connectivity index (χ0) is 13.5. The summed E-state index contributed by atoms with van der Waals surface area (Å²) in [6.07, 6.45) is 5.81. The molecule has 0 aliphatic heterocycles. The number of hydrogen-bond donors (Lipinski definition) is 0. The summed E-state index contributed by atoms with van der Waals surface area (Å²) in [5.74, 6) is 0.0320. The van der Waals surface area contributed by atoms with Gasteiger partial charge in [0.1, 0.15) is 0 Å². The summed E-state index contributed by atoms with van der Waals surface area (Å²) in [6.45, 7) is 1.19. The van der Waals surface area contributed by atoms with Crippen molar-refractivity contribution in [1.82, 2.24) is 0 Å². The van der Waals surface area contributed by atoms with Gasteiger partial charge in [0, 0.05) is 0 Å². The molecule has 3 heteroatoms. The highest BCUT2D eigenvalue weighted by Gasteiger charge is 2.29. The first kappa shape index (κ1) is 13.8. The standard InChI is InChI=1S/C16H20O3/c1-18-16(17)15-10-6-5-9-14(15)12-19-11-13-7-3-2-4-8-13/h2-8,14-15H,9-12H2,1H3/t14-,15-/m1/s1. The molecule has 1 aliphatic rings. The Hall–Kier alpha value is -1.61. The van der Waals surface area contributed by atoms with Crippen LogP contribution >= 0.6 is 0 Å². The van der Waals surface area contributed by atoms with Crippen LogP contribution in [-0.2, 0) is 20.9 Å². The number of benzene rings is 1. The molecule has 0 bridgehead atoms. The fraction of sp³-hybridized carbons (Fsp3) is 0.438. The van der Waals surface area contributed by atoms with Gasteiger partial charge in [-0.1, -0.05) is 42.5 Å². The van der Waals surface area contributed by atoms with Crippen LogP contribution in [0.3, 0.4) is 0 Å². The topological polar surface area (TPSA) is 35.5 Å². The van der Waals surface area contributed by atoms with Gasteiger partial charge < -0.3 is 9.47 Å². The molecule has 0 spiro atoms. The van der Waals surface area contributed by atoms with Crippen LogP contribution in [0, 0.1) is 11.8 Å². The maximum absolute atomic E-state index is 11.7. The largest absolute Gasteiger partial charge is 0.469 e. The van der Waals surface area contributed by atoms with Gasteiger partial charge in [-0.15, -0.1) is 0 Å². The summed E-state index contributed by atoms with van der Waals surface area (Å²) in [7, 11) is 1.45. The second kappa shape index (κ2) is 7.10. The maximum Gasteiger partial charge on any atom is 0.309 e. The van der Waals surface area contributed by atoms with Gasteiger partial charge >= 0.3 is 5.97 Å². The predicted octanol–water partition coefficient (Wildman–Crippen LogP) is 2.96. The minimum absolute atomic E-state index is 0.0641. The molecule has 19 heavy (non-hydrogen) atoms. The Morgan fingerprint density at radius 1 is 1.21 bits per heavy atom. The molecule has 0 saturated carbocycles. The number of allylic oxidation sites excluding steroid dienone is 2. The van der Waals surface area contributed by atoms with E-state index in [0.717, 1.165) is 18.4 Å². The fourth-order valence-corrected chi connectivity index (χ4v) is 2.40. The summed E-state index contributed by atoms with van der Waals surface area (Å²) in [4.78, 5) is 11.7. The Bertz CT molecular complexity index is 425. The van der Waals surface area contributed by atoms with Crippen LogP contribution in [0.25, 0.3) is 0 Å². The lowest BCUT2D eigenvalue weighted by Gasteiger charge is -2.26. The maximum atomic E-state index is 11.7. The van der Waals surface area contributed by atoms with Gasteiger partial charge in [-0.2, -0.15) is 0 Å². The van der Waals surface area contributed by atoms with E-state index in [1.165, 1.54) is 7.11 Å². The summed E-state index contributed by atoms with van der Waals surface area (Å²) < 4.78 is 10.6. The van der Waals surface area contributed by atoms with E-state index in [4.69, 9.17) is 9.47 Å². The summed E-state index contributed by atoms with van der Waals surface area (Å²) in [5.41, 5.74) is 1.16. The van der Waals surface area contributed by atoms with Crippen LogP contribution in [-0.4, -0.2) is 19.7 Å². The molecule has 0 saturated heterocycles. The van der Waals surface area contributed by atoms with Gasteiger partial charge in [-0.3, -0.25) is 4.79 Å². The van der Waals surface area contributed by atoms with Gasteiger partial charge in [-0.25, -0.2) is 0 Å². The Morgan fingerprint density at radius 2 is 1.95 bits per heavy atom. The molecule has 1 aromatic rings. The van der Waals surface area contributed by atoms with E-state index in [1.54, 1.807) is 0 Å². The average molecular weight is 260 g/mol. The number of hydrogen-bond acceptors (Lipinski definition) is 3. The van der Waals surface area contributed by atoms with Crippen LogP contribution in [0.2, 0.25) is 0 Å². The molecule has 0 heterocycles. The van der Waals surface area contributed by atoms with Crippen molar-refractivity contribution in [2.24, 2.45) is 11.8 Å². The lowest BCUT2D eigenvalue weighted by Crippen LogP contribution is -2.29. The molecule has 0 amide bonds. The number of ether oxygens (including phenoxy) is 2. The van der Waals surface area contributed by atoms with Crippen molar-refractivity contribution in [3.63, 3.8) is 0 Å². The summed E-state index contributed by atoms with van der Waals surface area (Å²) in [6, 6.07) is 10.1. The molecule has 0 fully saturated rings. The normalized spacial score (nSPS) is 22.2. The monoisotopic (exact) mass is 260 g/mol. The highest BCUT2D eigenvalue weighted by atomic mass is 16.5. The number of carbonyl (C=O) groups excluding carboxylic acids is 1. The average Bonchev–Trinajstić information content (AvgIpc) is 2.48. The molecule has 2 atom stereocenters. The van der Waals surface area contributed by atoms with Crippen molar-refractivity contribution in [1.29, 1.82) is 0 Å². The molecule has 0 radical (unpaired) electrons. The van der Waals surface area contributed by atoms with Gasteiger partial charge in [0.15, 0.2) is 0 Å². The highest BCUT2D eigenvalue weighted by molar-refractivity contribution is 5.73. The van der Waals surface area contributed by atoms with Crippen molar-refractivity contribution in [3.8, 4) is 0 Å². The first-order chi connectivity index (χ1) is 9.31. The van der Waals surface area contributed by atoms with Crippen molar-refractivity contribution in [3.05, 3.63) is 48.0 Å². The quantitative estimate of drug-likeness (QED) is 0.603. The molecule has 2 rings (SSSR count). The molecular formula is C16H20O3. The van der Waals surface area contributed by atoms with E-state index in [-0.39, 0.29) is 17.8 Å². The van der Waals surface area contributed by atoms with Crippen LogP contribution in [0.5, 0.6) is 0 Å². The van der Waals surface area contributed by atoms with Crippen LogP contribution in [0.15, 0.2) is 42.5 Å². The van der Waals surface area contributed by atoms with Gasteiger partial charge in [0.25, 0.3) is 0 Å². The molecule has 0 N–H and O–H groups in total. The minimum atomic E-state index is -0.127. The van der Waals surface area contributed by atoms with E-state index >= 15 is 0 Å². The Labute approximate surface area is 114 Å². The summed E-state index contributed by atoms with van der Waals surface area (Å²) in [5, 5.41) is 0. The molecular weight excluding hydrogens is 240 g/mol. The third kappa shape index (κ3) is 3.93. The first-order valence-corrected chi connectivity index (χ1v) is 6.65. The lowest BCUT2D eigenvalue weighted by molar-refractivity contribution is -0.148. The van der Waals surface area contributed by atoms with E-state index in [0.29, 0.717) is 13.2 Å². The smallest absolute Gasteiger partial charge is 0.309 e. The lowest BCUT2D eigenvalue weighted by atomic mass is 9.83. The van der Waals surface area contributed by atoms with Crippen LogP contribution in [0.1, 0.15) is 18.4 Å². The SMILES string of the molecule is COC(=O)[C@@H]1CC=CC[C@@H]1COCc1ccccc1. The molecule has 0 aromatic heterocycles. The zero-order valence-electron chi connectivity index (χ0n) is 11.2. The van der Waals surface area contributed by atoms with Gasteiger partial charge in [0.05, 0.1) is 26.2 Å². The highest BCUT2D eigenvalue weighted by Crippen LogP contribution is 2.27. The second-order valence-corrected chi connectivity index (χ2v) is 4.83. The molecule has 1 aliphatic carbocycles. The summed E-state index contributed by atoms with van der Waals surface area (Å²) >= 11 is 0. The van der Waals surface area contributed by atoms with Crippen molar-refractivity contribution < 1.29 is 14.3 Å². The minimum Gasteiger partial charge on any atom is -0.469 e. The zero-order valence-corrected chi connectivity index (χ0v) is 11.2. The number of esters is 1.